The van der Waals surface area contributed by atoms with Gasteiger partial charge >= 0.3 is 0 Å². The van der Waals surface area contributed by atoms with E-state index >= 15 is 0 Å². The highest BCUT2D eigenvalue weighted by Crippen LogP contribution is 2.38. The van der Waals surface area contributed by atoms with Gasteiger partial charge in [0.25, 0.3) is 5.91 Å². The van der Waals surface area contributed by atoms with Crippen molar-refractivity contribution >= 4 is 11.8 Å². The Morgan fingerprint density at radius 2 is 2.44 bits per heavy atom. The molecule has 3 saturated heterocycles. The topological polar surface area (TPSA) is 106 Å². The zero-order valence-corrected chi connectivity index (χ0v) is 14.1. The third-order valence-corrected chi connectivity index (χ3v) is 5.15. The van der Waals surface area contributed by atoms with Crippen molar-refractivity contribution in [1.82, 2.24) is 20.4 Å². The average molecular weight is 350 g/mol. The molecule has 0 aromatic carbocycles. The van der Waals surface area contributed by atoms with Crippen LogP contribution in [0.1, 0.15) is 29.8 Å². The number of methoxy groups -OCH3 is 1. The van der Waals surface area contributed by atoms with Crippen LogP contribution < -0.4 is 10.1 Å². The van der Waals surface area contributed by atoms with Crippen LogP contribution in [0.2, 0.25) is 0 Å². The van der Waals surface area contributed by atoms with E-state index in [2.05, 4.69) is 15.5 Å². The van der Waals surface area contributed by atoms with Gasteiger partial charge in [-0.25, -0.2) is 0 Å². The molecule has 0 spiro atoms. The number of carbonyl (C=O) groups is 2. The summed E-state index contributed by atoms with van der Waals surface area (Å²) in [4.78, 5) is 26.6. The fourth-order valence-corrected chi connectivity index (χ4v) is 3.81. The van der Waals surface area contributed by atoms with E-state index in [1.54, 1.807) is 11.0 Å². The van der Waals surface area contributed by atoms with E-state index in [-0.39, 0.29) is 24.0 Å². The summed E-state index contributed by atoms with van der Waals surface area (Å²) in [7, 11) is 1.50. The van der Waals surface area contributed by atoms with Gasteiger partial charge in [0.15, 0.2) is 0 Å². The lowest BCUT2D eigenvalue weighted by Crippen LogP contribution is -2.51. The van der Waals surface area contributed by atoms with Crippen LogP contribution in [0.4, 0.5) is 0 Å². The van der Waals surface area contributed by atoms with Gasteiger partial charge in [-0.3, -0.25) is 14.7 Å². The first-order valence-corrected chi connectivity index (χ1v) is 8.54. The molecular formula is C16H22N4O5. The van der Waals surface area contributed by atoms with Gasteiger partial charge in [0, 0.05) is 25.6 Å². The van der Waals surface area contributed by atoms with Gasteiger partial charge in [0.2, 0.25) is 11.8 Å². The van der Waals surface area contributed by atoms with Crippen molar-refractivity contribution in [3.05, 3.63) is 11.8 Å². The number of ether oxygens (including phenoxy) is 3. The molecular weight excluding hydrogens is 328 g/mol. The summed E-state index contributed by atoms with van der Waals surface area (Å²) in [5.41, 5.74) is -0.124. The third-order valence-electron chi connectivity index (χ3n) is 5.15. The van der Waals surface area contributed by atoms with E-state index in [0.717, 1.165) is 19.3 Å². The Bertz CT molecular complexity index is 671. The monoisotopic (exact) mass is 350 g/mol. The van der Waals surface area contributed by atoms with Crippen molar-refractivity contribution in [2.24, 2.45) is 0 Å². The number of hydrogen-bond acceptors (Lipinski definition) is 6. The molecule has 0 radical (unpaired) electrons. The maximum absolute atomic E-state index is 12.7. The van der Waals surface area contributed by atoms with Gasteiger partial charge in [0.1, 0.15) is 17.4 Å². The molecule has 3 aliphatic heterocycles. The van der Waals surface area contributed by atoms with Crippen molar-refractivity contribution in [3.8, 4) is 5.88 Å². The predicted molar refractivity (Wildman–Crippen MR) is 85.2 cm³/mol. The molecule has 0 aliphatic carbocycles. The Labute approximate surface area is 145 Å². The van der Waals surface area contributed by atoms with Crippen LogP contribution >= 0.6 is 0 Å². The lowest BCUT2D eigenvalue weighted by Gasteiger charge is -2.32. The van der Waals surface area contributed by atoms with Gasteiger partial charge < -0.3 is 24.4 Å². The zero-order chi connectivity index (χ0) is 17.4. The number of likely N-dealkylation sites (tertiary alicyclic amines) is 1. The Morgan fingerprint density at radius 1 is 1.56 bits per heavy atom. The number of morpholine rings is 1. The highest BCUT2D eigenvalue weighted by Gasteiger charge is 2.53. The molecule has 4 rings (SSSR count). The summed E-state index contributed by atoms with van der Waals surface area (Å²) in [5, 5.41) is 9.54. The summed E-state index contributed by atoms with van der Waals surface area (Å²) in [6.07, 6.45) is 2.03. The number of fused-ring (bicyclic) bond motifs is 2. The Hall–Kier alpha value is -2.13. The van der Waals surface area contributed by atoms with E-state index in [1.165, 1.54) is 7.11 Å². The van der Waals surface area contributed by atoms with Gasteiger partial charge in [-0.1, -0.05) is 0 Å². The quantitative estimate of drug-likeness (QED) is 0.755. The summed E-state index contributed by atoms with van der Waals surface area (Å²) in [6, 6.07) is 1.60. The maximum Gasteiger partial charge on any atom is 0.272 e. The SMILES string of the molecule is COc1cc(C(=O)N2CC3(CNC(=O)[C@H]4CCCO4)CC2CO3)[nH]n1. The van der Waals surface area contributed by atoms with Crippen LogP contribution in [-0.4, -0.2) is 78.1 Å². The van der Waals surface area contributed by atoms with E-state index in [0.29, 0.717) is 37.9 Å². The molecule has 2 bridgehead atoms. The van der Waals surface area contributed by atoms with Crippen LogP contribution in [0.5, 0.6) is 5.88 Å². The van der Waals surface area contributed by atoms with Crippen LogP contribution in [0, 0.1) is 0 Å². The first-order valence-electron chi connectivity index (χ1n) is 8.54. The Morgan fingerprint density at radius 3 is 3.16 bits per heavy atom. The van der Waals surface area contributed by atoms with Crippen LogP contribution in [-0.2, 0) is 14.3 Å². The minimum atomic E-state index is -0.515. The Kier molecular flexibility index (Phi) is 4.12. The molecule has 1 aromatic heterocycles. The molecule has 2 amide bonds. The molecule has 3 aliphatic rings. The van der Waals surface area contributed by atoms with Crippen molar-refractivity contribution in [2.75, 3.05) is 33.4 Å². The van der Waals surface area contributed by atoms with Gasteiger partial charge in [-0.05, 0) is 12.8 Å². The molecule has 136 valence electrons. The van der Waals surface area contributed by atoms with Crippen molar-refractivity contribution < 1.29 is 23.8 Å². The number of aromatic nitrogens is 2. The number of nitrogens with zero attached hydrogens (tertiary/aromatic N) is 2. The van der Waals surface area contributed by atoms with Crippen molar-refractivity contribution in [3.63, 3.8) is 0 Å². The number of carbonyl (C=O) groups excluding carboxylic acids is 2. The van der Waals surface area contributed by atoms with Crippen molar-refractivity contribution in [2.45, 2.75) is 37.0 Å². The van der Waals surface area contributed by atoms with Crippen LogP contribution in [0.15, 0.2) is 6.07 Å². The summed E-state index contributed by atoms with van der Waals surface area (Å²) in [5.74, 6) is 0.154. The van der Waals surface area contributed by atoms with Crippen molar-refractivity contribution in [1.29, 1.82) is 0 Å². The second kappa shape index (κ2) is 6.30. The summed E-state index contributed by atoms with van der Waals surface area (Å²) in [6.45, 7) is 1.95. The number of hydrogen-bond donors (Lipinski definition) is 2. The second-order valence-electron chi connectivity index (χ2n) is 6.83. The molecule has 1 aromatic rings. The molecule has 4 heterocycles. The van der Waals surface area contributed by atoms with Gasteiger partial charge in [-0.15, -0.1) is 5.10 Å². The molecule has 9 nitrogen and oxygen atoms in total. The number of H-pyrrole nitrogens is 1. The second-order valence-corrected chi connectivity index (χ2v) is 6.83. The van der Waals surface area contributed by atoms with E-state index in [1.807, 2.05) is 0 Å². The largest absolute Gasteiger partial charge is 0.480 e. The van der Waals surface area contributed by atoms with Gasteiger partial charge in [-0.2, -0.15) is 0 Å². The minimum Gasteiger partial charge on any atom is -0.480 e. The fourth-order valence-electron chi connectivity index (χ4n) is 3.81. The third kappa shape index (κ3) is 2.98. The van der Waals surface area contributed by atoms with Crippen LogP contribution in [0.25, 0.3) is 0 Å². The number of nitrogens with one attached hydrogen (secondary N) is 2. The normalized spacial score (nSPS) is 30.7. The molecule has 2 unspecified atom stereocenters. The molecule has 25 heavy (non-hydrogen) atoms. The van der Waals surface area contributed by atoms with E-state index < -0.39 is 5.60 Å². The molecule has 3 atom stereocenters. The smallest absolute Gasteiger partial charge is 0.272 e. The predicted octanol–water partition coefficient (Wildman–Crippen LogP) is -0.303. The fraction of sp³-hybridized carbons (Fsp3) is 0.688. The van der Waals surface area contributed by atoms with Crippen LogP contribution in [0.3, 0.4) is 0 Å². The first-order chi connectivity index (χ1) is 12.1. The number of amides is 2. The highest BCUT2D eigenvalue weighted by molar-refractivity contribution is 5.93. The highest BCUT2D eigenvalue weighted by atomic mass is 16.5. The molecule has 0 saturated carbocycles. The lowest BCUT2D eigenvalue weighted by molar-refractivity contribution is -0.131. The standard InChI is InChI=1S/C16H22N4O5/c1-23-13-5-11(18-19-13)15(22)20-9-16(6-10(20)7-25-16)8-17-14(21)12-3-2-4-24-12/h5,10,12H,2-4,6-9H2,1H3,(H,17,21)(H,18,19)/t10?,12-,16?/m1/s1. The molecule has 3 fully saturated rings. The first kappa shape index (κ1) is 16.3. The maximum atomic E-state index is 12.7. The summed E-state index contributed by atoms with van der Waals surface area (Å²) < 4.78 is 16.3. The lowest BCUT2D eigenvalue weighted by atomic mass is 10.0. The minimum absolute atomic E-state index is 0.0152. The molecule has 9 heteroatoms. The number of aromatic amines is 1. The Balaban J connectivity index is 1.38. The van der Waals surface area contributed by atoms with E-state index in [9.17, 15) is 9.59 Å². The molecule has 2 N–H and O–H groups in total. The summed E-state index contributed by atoms with van der Waals surface area (Å²) >= 11 is 0. The zero-order valence-electron chi connectivity index (χ0n) is 14.1. The van der Waals surface area contributed by atoms with E-state index in [4.69, 9.17) is 14.2 Å². The number of rotatable bonds is 5. The average Bonchev–Trinajstić information content (AvgIpc) is 3.42. The van der Waals surface area contributed by atoms with Gasteiger partial charge in [0.05, 0.1) is 26.3 Å².